The van der Waals surface area contributed by atoms with Crippen LogP contribution in [0.15, 0.2) is 18.2 Å². The SMILES string of the molecule is Cc1c(C=O)nnn1-c1cc(C(=O)O)cc(C(=O)O)c1. The third-order valence-electron chi connectivity index (χ3n) is 2.70. The average molecular weight is 275 g/mol. The third kappa shape index (κ3) is 2.26. The van der Waals surface area contributed by atoms with E-state index in [0.717, 1.165) is 6.07 Å². The van der Waals surface area contributed by atoms with Gasteiger partial charge < -0.3 is 10.2 Å². The van der Waals surface area contributed by atoms with E-state index in [-0.39, 0.29) is 22.5 Å². The summed E-state index contributed by atoms with van der Waals surface area (Å²) in [5, 5.41) is 25.3. The molecule has 20 heavy (non-hydrogen) atoms. The lowest BCUT2D eigenvalue weighted by Gasteiger charge is -2.06. The summed E-state index contributed by atoms with van der Waals surface area (Å²) in [6.07, 6.45) is 0.512. The highest BCUT2D eigenvalue weighted by Crippen LogP contribution is 2.16. The lowest BCUT2D eigenvalue weighted by molar-refractivity contribution is 0.0696. The molecule has 0 fully saturated rings. The van der Waals surface area contributed by atoms with E-state index in [1.165, 1.54) is 16.8 Å². The van der Waals surface area contributed by atoms with Crippen molar-refractivity contribution in [2.24, 2.45) is 0 Å². The maximum atomic E-state index is 11.0. The molecule has 0 atom stereocenters. The first-order valence-corrected chi connectivity index (χ1v) is 5.43. The van der Waals surface area contributed by atoms with Gasteiger partial charge in [0.05, 0.1) is 22.5 Å². The Morgan fingerprint density at radius 2 is 1.70 bits per heavy atom. The average Bonchev–Trinajstić information content (AvgIpc) is 2.79. The second-order valence-corrected chi connectivity index (χ2v) is 3.97. The molecule has 0 bridgehead atoms. The predicted octanol–water partition coefficient (Wildman–Crippen LogP) is 0.785. The van der Waals surface area contributed by atoms with Crippen LogP contribution in [-0.4, -0.2) is 43.4 Å². The van der Waals surface area contributed by atoms with Crippen molar-refractivity contribution < 1.29 is 24.6 Å². The fourth-order valence-electron chi connectivity index (χ4n) is 1.68. The molecular formula is C12H9N3O5. The standard InChI is InChI=1S/C12H9N3O5/c1-6-10(5-16)13-14-15(6)9-3-7(11(17)18)2-8(4-9)12(19)20/h2-5H,1H3,(H,17,18)(H,19,20). The number of carbonyl (C=O) groups is 3. The van der Waals surface area contributed by atoms with Gasteiger partial charge in [-0.25, -0.2) is 14.3 Å². The molecule has 1 heterocycles. The van der Waals surface area contributed by atoms with Crippen molar-refractivity contribution in [3.63, 3.8) is 0 Å². The van der Waals surface area contributed by atoms with Crippen LogP contribution in [0.2, 0.25) is 0 Å². The fraction of sp³-hybridized carbons (Fsp3) is 0.0833. The second kappa shape index (κ2) is 4.92. The van der Waals surface area contributed by atoms with E-state index in [0.29, 0.717) is 12.0 Å². The van der Waals surface area contributed by atoms with E-state index in [1.54, 1.807) is 6.92 Å². The third-order valence-corrected chi connectivity index (χ3v) is 2.70. The van der Waals surface area contributed by atoms with Crippen molar-refractivity contribution in [2.75, 3.05) is 0 Å². The molecular weight excluding hydrogens is 266 g/mol. The number of benzene rings is 1. The summed E-state index contributed by atoms with van der Waals surface area (Å²) in [6.45, 7) is 1.57. The van der Waals surface area contributed by atoms with Crippen LogP contribution < -0.4 is 0 Å². The van der Waals surface area contributed by atoms with Gasteiger partial charge in [0.1, 0.15) is 5.69 Å². The summed E-state index contributed by atoms with van der Waals surface area (Å²) in [6, 6.07) is 3.55. The molecule has 1 aromatic heterocycles. The zero-order valence-electron chi connectivity index (χ0n) is 10.3. The van der Waals surface area contributed by atoms with Crippen LogP contribution in [0.3, 0.4) is 0 Å². The van der Waals surface area contributed by atoms with Crippen molar-refractivity contribution >= 4 is 18.2 Å². The number of aldehydes is 1. The molecule has 8 nitrogen and oxygen atoms in total. The van der Waals surface area contributed by atoms with Crippen molar-refractivity contribution in [3.05, 3.63) is 40.7 Å². The molecule has 8 heteroatoms. The maximum absolute atomic E-state index is 11.0. The Morgan fingerprint density at radius 1 is 1.15 bits per heavy atom. The highest BCUT2D eigenvalue weighted by atomic mass is 16.4. The van der Waals surface area contributed by atoms with Gasteiger partial charge in [-0.1, -0.05) is 5.21 Å². The van der Waals surface area contributed by atoms with Crippen LogP contribution in [0, 0.1) is 6.92 Å². The Morgan fingerprint density at radius 3 is 2.10 bits per heavy atom. The zero-order chi connectivity index (χ0) is 14.9. The largest absolute Gasteiger partial charge is 0.478 e. The first-order chi connectivity index (χ1) is 9.43. The summed E-state index contributed by atoms with van der Waals surface area (Å²) in [5.74, 6) is -2.52. The van der Waals surface area contributed by atoms with E-state index >= 15 is 0 Å². The van der Waals surface area contributed by atoms with Crippen LogP contribution in [0.4, 0.5) is 0 Å². The smallest absolute Gasteiger partial charge is 0.335 e. The number of carbonyl (C=O) groups excluding carboxylic acids is 1. The normalized spacial score (nSPS) is 10.2. The van der Waals surface area contributed by atoms with Gasteiger partial charge in [-0.3, -0.25) is 4.79 Å². The predicted molar refractivity (Wildman–Crippen MR) is 65.4 cm³/mol. The molecule has 1 aromatic carbocycles. The van der Waals surface area contributed by atoms with E-state index in [1.807, 2.05) is 0 Å². The quantitative estimate of drug-likeness (QED) is 0.790. The minimum atomic E-state index is -1.26. The molecule has 0 aliphatic rings. The Labute approximate surface area is 112 Å². The first kappa shape index (κ1) is 13.4. The topological polar surface area (TPSA) is 122 Å². The maximum Gasteiger partial charge on any atom is 0.335 e. The molecule has 0 saturated heterocycles. The van der Waals surface area contributed by atoms with Gasteiger partial charge in [-0.2, -0.15) is 0 Å². The van der Waals surface area contributed by atoms with Gasteiger partial charge >= 0.3 is 11.9 Å². The summed E-state index contributed by atoms with van der Waals surface area (Å²) in [4.78, 5) is 32.7. The first-order valence-electron chi connectivity index (χ1n) is 5.43. The number of hydrogen-bond acceptors (Lipinski definition) is 5. The Balaban J connectivity index is 2.66. The van der Waals surface area contributed by atoms with Crippen LogP contribution >= 0.6 is 0 Å². The van der Waals surface area contributed by atoms with Crippen LogP contribution in [0.1, 0.15) is 36.9 Å². The Hall–Kier alpha value is -3.03. The number of carboxylic acids is 2. The van der Waals surface area contributed by atoms with Crippen molar-refractivity contribution in [1.82, 2.24) is 15.0 Å². The van der Waals surface area contributed by atoms with E-state index in [2.05, 4.69) is 10.3 Å². The highest BCUT2D eigenvalue weighted by molar-refractivity contribution is 5.94. The lowest BCUT2D eigenvalue weighted by Crippen LogP contribution is -2.07. The van der Waals surface area contributed by atoms with Gasteiger partial charge in [0.25, 0.3) is 0 Å². The van der Waals surface area contributed by atoms with Crippen LogP contribution in [0.5, 0.6) is 0 Å². The van der Waals surface area contributed by atoms with Crippen LogP contribution in [-0.2, 0) is 0 Å². The zero-order valence-corrected chi connectivity index (χ0v) is 10.3. The number of nitrogens with zero attached hydrogens (tertiary/aromatic N) is 3. The van der Waals surface area contributed by atoms with Gasteiger partial charge in [0.15, 0.2) is 6.29 Å². The van der Waals surface area contributed by atoms with Crippen molar-refractivity contribution in [1.29, 1.82) is 0 Å². The van der Waals surface area contributed by atoms with Crippen molar-refractivity contribution in [3.8, 4) is 5.69 Å². The molecule has 2 rings (SSSR count). The molecule has 0 aliphatic heterocycles. The Kier molecular flexibility index (Phi) is 3.30. The number of hydrogen-bond donors (Lipinski definition) is 2. The van der Waals surface area contributed by atoms with Gasteiger partial charge in [-0.05, 0) is 25.1 Å². The fourth-order valence-corrected chi connectivity index (χ4v) is 1.68. The molecule has 102 valence electrons. The highest BCUT2D eigenvalue weighted by Gasteiger charge is 2.15. The Bertz CT molecular complexity index is 688. The van der Waals surface area contributed by atoms with Crippen molar-refractivity contribution in [2.45, 2.75) is 6.92 Å². The monoisotopic (exact) mass is 275 g/mol. The number of aromatic carboxylic acids is 2. The molecule has 0 radical (unpaired) electrons. The van der Waals surface area contributed by atoms with E-state index in [9.17, 15) is 14.4 Å². The molecule has 0 saturated carbocycles. The van der Waals surface area contributed by atoms with E-state index < -0.39 is 11.9 Å². The molecule has 0 amide bonds. The van der Waals surface area contributed by atoms with Gasteiger partial charge in [0, 0.05) is 0 Å². The van der Waals surface area contributed by atoms with Gasteiger partial charge in [0.2, 0.25) is 0 Å². The molecule has 0 aliphatic carbocycles. The molecule has 2 aromatic rings. The molecule has 0 unspecified atom stereocenters. The summed E-state index contributed by atoms with van der Waals surface area (Å²) < 4.78 is 1.21. The summed E-state index contributed by atoms with van der Waals surface area (Å²) in [5.41, 5.74) is 0.312. The number of aromatic nitrogens is 3. The number of carboxylic acid groups (broad SMARTS) is 2. The summed E-state index contributed by atoms with van der Waals surface area (Å²) >= 11 is 0. The minimum absolute atomic E-state index is 0.0996. The van der Waals surface area contributed by atoms with Crippen LogP contribution in [0.25, 0.3) is 5.69 Å². The molecule has 2 N–H and O–H groups in total. The molecule has 0 spiro atoms. The van der Waals surface area contributed by atoms with Gasteiger partial charge in [-0.15, -0.1) is 5.10 Å². The summed E-state index contributed by atoms with van der Waals surface area (Å²) in [7, 11) is 0. The second-order valence-electron chi connectivity index (χ2n) is 3.97. The lowest BCUT2D eigenvalue weighted by atomic mass is 10.1. The number of rotatable bonds is 4. The van der Waals surface area contributed by atoms with E-state index in [4.69, 9.17) is 10.2 Å². The minimum Gasteiger partial charge on any atom is -0.478 e.